The molecule has 208 valence electrons. The maximum Gasteiger partial charge on any atom is 0.244 e. The summed E-state index contributed by atoms with van der Waals surface area (Å²) in [4.78, 5) is 51.0. The molecule has 1 aliphatic carbocycles. The number of benzene rings is 1. The quantitative estimate of drug-likeness (QED) is 0.436. The lowest BCUT2D eigenvalue weighted by Gasteiger charge is -2.44. The molecule has 2 aromatic heterocycles. The van der Waals surface area contributed by atoms with Gasteiger partial charge in [0.25, 0.3) is 0 Å². The molecular formula is C29H30BrClN6O3. The summed E-state index contributed by atoms with van der Waals surface area (Å²) in [6, 6.07) is 10.8. The van der Waals surface area contributed by atoms with Crippen LogP contribution in [0.1, 0.15) is 40.9 Å². The molecule has 2 aliphatic rings. The largest absolute Gasteiger partial charge is 0.350 e. The third-order valence-electron chi connectivity index (χ3n) is 7.37. The number of nitrogens with zero attached hydrogens (tertiary/aromatic N) is 4. The number of halogens is 2. The predicted molar refractivity (Wildman–Crippen MR) is 154 cm³/mol. The molecule has 2 atom stereocenters. The van der Waals surface area contributed by atoms with Crippen LogP contribution in [0.2, 0.25) is 5.02 Å². The summed E-state index contributed by atoms with van der Waals surface area (Å²) in [7, 11) is 0. The molecule has 1 saturated heterocycles. The van der Waals surface area contributed by atoms with Crippen molar-refractivity contribution in [1.82, 2.24) is 30.4 Å². The van der Waals surface area contributed by atoms with Crippen LogP contribution in [0, 0.1) is 0 Å². The van der Waals surface area contributed by atoms with Gasteiger partial charge in [-0.05, 0) is 75.3 Å². The van der Waals surface area contributed by atoms with Crippen molar-refractivity contribution in [1.29, 1.82) is 0 Å². The highest BCUT2D eigenvalue weighted by atomic mass is 79.9. The van der Waals surface area contributed by atoms with Crippen molar-refractivity contribution in [2.45, 2.75) is 38.4 Å². The Bertz CT molecular complexity index is 1370. The molecular weight excluding hydrogens is 596 g/mol. The van der Waals surface area contributed by atoms with E-state index in [2.05, 4.69) is 42.5 Å². The van der Waals surface area contributed by atoms with Crippen molar-refractivity contribution in [3.63, 3.8) is 0 Å². The van der Waals surface area contributed by atoms with Crippen LogP contribution < -0.4 is 10.6 Å². The summed E-state index contributed by atoms with van der Waals surface area (Å²) in [5.74, 6) is -0.863. The second-order valence-electron chi connectivity index (χ2n) is 10.0. The Morgan fingerprint density at radius 1 is 1.07 bits per heavy atom. The van der Waals surface area contributed by atoms with Crippen LogP contribution in [-0.4, -0.2) is 69.7 Å². The second kappa shape index (κ2) is 12.4. The number of aryl methyl sites for hydroxylation is 2. The van der Waals surface area contributed by atoms with Crippen molar-refractivity contribution in [2.24, 2.45) is 0 Å². The maximum atomic E-state index is 13.6. The molecule has 9 nitrogen and oxygen atoms in total. The van der Waals surface area contributed by atoms with Gasteiger partial charge in [0.1, 0.15) is 6.04 Å². The number of rotatable bonds is 6. The van der Waals surface area contributed by atoms with Crippen LogP contribution in [0.25, 0.3) is 0 Å². The lowest BCUT2D eigenvalue weighted by atomic mass is 9.95. The van der Waals surface area contributed by atoms with Gasteiger partial charge in [-0.1, -0.05) is 23.7 Å². The fraction of sp³-hybridized carbons (Fsp3) is 0.345. The lowest BCUT2D eigenvalue weighted by Crippen LogP contribution is -2.62. The Labute approximate surface area is 246 Å². The maximum absolute atomic E-state index is 13.6. The number of aromatic nitrogens is 2. The minimum Gasteiger partial charge on any atom is -0.350 e. The zero-order chi connectivity index (χ0) is 28.2. The fourth-order valence-corrected chi connectivity index (χ4v) is 6.03. The van der Waals surface area contributed by atoms with E-state index in [4.69, 9.17) is 16.6 Å². The van der Waals surface area contributed by atoms with Crippen molar-refractivity contribution >= 4 is 45.3 Å². The molecule has 3 heterocycles. The predicted octanol–water partition coefficient (Wildman–Crippen LogP) is 3.05. The number of pyridine rings is 2. The average molecular weight is 626 g/mol. The molecule has 1 fully saturated rings. The monoisotopic (exact) mass is 624 g/mol. The normalized spacial score (nSPS) is 18.7. The Morgan fingerprint density at radius 3 is 2.67 bits per heavy atom. The standard InChI is InChI=1S/C29H30BrClN6O3/c1-18(38)33-16-26(39)37-10-9-36(17-25(37)29(40)35-14-19-3-2-8-32-13-19)28-24-7-6-23(31)12-20(24)4-5-21-11-22(30)15-34-27(21)28/h2-3,6-8,11-13,15,25,28H,4-5,9-10,14,16-17H2,1H3,(H,33,38)(H,35,40). The topological polar surface area (TPSA) is 108 Å². The van der Waals surface area contributed by atoms with Gasteiger partial charge in [-0.3, -0.25) is 29.3 Å². The SMILES string of the molecule is CC(=O)NCC(=O)N1CCN(C2c3ccc(Cl)cc3CCc3cc(Br)cnc32)CC1C(=O)NCc1cccnc1. The summed E-state index contributed by atoms with van der Waals surface area (Å²) < 4.78 is 0.912. The number of piperazine rings is 1. The molecule has 3 amide bonds. The minimum absolute atomic E-state index is 0.162. The average Bonchev–Trinajstić information content (AvgIpc) is 3.11. The molecule has 2 N–H and O–H groups in total. The van der Waals surface area contributed by atoms with Gasteiger partial charge in [0, 0.05) is 61.2 Å². The van der Waals surface area contributed by atoms with E-state index in [0.717, 1.165) is 45.3 Å². The van der Waals surface area contributed by atoms with Crippen molar-refractivity contribution in [2.75, 3.05) is 26.2 Å². The molecule has 0 spiro atoms. The molecule has 40 heavy (non-hydrogen) atoms. The number of carbonyl (C=O) groups excluding carboxylic acids is 3. The molecule has 1 aliphatic heterocycles. The molecule has 1 aromatic carbocycles. The minimum atomic E-state index is -0.760. The summed E-state index contributed by atoms with van der Waals surface area (Å²) in [5.41, 5.74) is 5.18. The highest BCUT2D eigenvalue weighted by Crippen LogP contribution is 2.38. The number of hydrogen-bond acceptors (Lipinski definition) is 6. The Hall–Kier alpha value is -3.34. The van der Waals surface area contributed by atoms with Gasteiger partial charge >= 0.3 is 0 Å². The van der Waals surface area contributed by atoms with Crippen LogP contribution in [0.3, 0.4) is 0 Å². The third-order valence-corrected chi connectivity index (χ3v) is 8.04. The lowest BCUT2D eigenvalue weighted by molar-refractivity contribution is -0.144. The molecule has 2 unspecified atom stereocenters. The zero-order valence-electron chi connectivity index (χ0n) is 22.1. The van der Waals surface area contributed by atoms with Crippen molar-refractivity contribution < 1.29 is 14.4 Å². The Kier molecular flexibility index (Phi) is 8.78. The van der Waals surface area contributed by atoms with E-state index >= 15 is 0 Å². The van der Waals surface area contributed by atoms with E-state index in [-0.39, 0.29) is 30.3 Å². The van der Waals surface area contributed by atoms with Gasteiger partial charge < -0.3 is 15.5 Å². The summed E-state index contributed by atoms with van der Waals surface area (Å²) in [6.45, 7) is 2.65. The Morgan fingerprint density at radius 2 is 1.90 bits per heavy atom. The van der Waals surface area contributed by atoms with Crippen LogP contribution in [0.5, 0.6) is 0 Å². The van der Waals surface area contributed by atoms with Gasteiger partial charge in [-0.15, -0.1) is 0 Å². The van der Waals surface area contributed by atoms with E-state index < -0.39 is 6.04 Å². The summed E-state index contributed by atoms with van der Waals surface area (Å²) in [6.07, 6.45) is 6.81. The number of hydrogen-bond donors (Lipinski definition) is 2. The first-order valence-corrected chi connectivity index (χ1v) is 14.3. The molecule has 5 rings (SSSR count). The second-order valence-corrected chi connectivity index (χ2v) is 11.4. The van der Waals surface area contributed by atoms with E-state index in [9.17, 15) is 14.4 Å². The van der Waals surface area contributed by atoms with Gasteiger partial charge in [-0.2, -0.15) is 0 Å². The third kappa shape index (κ3) is 6.35. The van der Waals surface area contributed by atoms with Crippen LogP contribution in [0.15, 0.2) is 59.5 Å². The van der Waals surface area contributed by atoms with E-state index in [1.54, 1.807) is 23.5 Å². The van der Waals surface area contributed by atoms with Crippen molar-refractivity contribution in [3.05, 3.63) is 92.4 Å². The van der Waals surface area contributed by atoms with E-state index in [1.807, 2.05) is 30.3 Å². The van der Waals surface area contributed by atoms with Gasteiger partial charge in [0.05, 0.1) is 18.3 Å². The van der Waals surface area contributed by atoms with E-state index in [1.165, 1.54) is 6.92 Å². The van der Waals surface area contributed by atoms with Crippen molar-refractivity contribution in [3.8, 4) is 0 Å². The highest BCUT2D eigenvalue weighted by molar-refractivity contribution is 9.10. The number of carbonyl (C=O) groups is 3. The molecule has 0 bridgehead atoms. The summed E-state index contributed by atoms with van der Waals surface area (Å²) in [5, 5.41) is 6.23. The molecule has 0 saturated carbocycles. The molecule has 11 heteroatoms. The number of nitrogens with one attached hydrogen (secondary N) is 2. The number of amides is 3. The first-order valence-electron chi connectivity index (χ1n) is 13.2. The number of fused-ring (bicyclic) bond motifs is 2. The smallest absolute Gasteiger partial charge is 0.244 e. The fourth-order valence-electron chi connectivity index (χ4n) is 5.45. The van der Waals surface area contributed by atoms with Gasteiger partial charge in [0.15, 0.2) is 0 Å². The molecule has 3 aromatic rings. The highest BCUT2D eigenvalue weighted by Gasteiger charge is 2.40. The van der Waals surface area contributed by atoms with Crippen LogP contribution in [0.4, 0.5) is 0 Å². The first-order chi connectivity index (χ1) is 19.3. The molecule has 0 radical (unpaired) electrons. The first kappa shape index (κ1) is 28.2. The van der Waals surface area contributed by atoms with Gasteiger partial charge in [-0.25, -0.2) is 0 Å². The summed E-state index contributed by atoms with van der Waals surface area (Å²) >= 11 is 9.95. The van der Waals surface area contributed by atoms with Crippen LogP contribution in [-0.2, 0) is 33.8 Å². The van der Waals surface area contributed by atoms with E-state index in [0.29, 0.717) is 31.2 Å². The zero-order valence-corrected chi connectivity index (χ0v) is 24.4. The van der Waals surface area contributed by atoms with Gasteiger partial charge in [0.2, 0.25) is 17.7 Å². The Balaban J connectivity index is 1.47. The van der Waals surface area contributed by atoms with Crippen LogP contribution >= 0.6 is 27.5 Å².